The summed E-state index contributed by atoms with van der Waals surface area (Å²) in [6.45, 7) is 6.36. The average Bonchev–Trinajstić information content (AvgIpc) is 2.52. The van der Waals surface area contributed by atoms with E-state index < -0.39 is 0 Å². The van der Waals surface area contributed by atoms with Crippen molar-refractivity contribution >= 4 is 5.91 Å². The van der Waals surface area contributed by atoms with Crippen LogP contribution in [0.4, 0.5) is 0 Å². The van der Waals surface area contributed by atoms with Crippen LogP contribution < -0.4 is 10.5 Å². The number of rotatable bonds is 8. The van der Waals surface area contributed by atoms with Crippen molar-refractivity contribution in [2.45, 2.75) is 25.9 Å². The second-order valence-electron chi connectivity index (χ2n) is 5.91. The van der Waals surface area contributed by atoms with Gasteiger partial charge in [0.05, 0.1) is 13.2 Å². The highest BCUT2D eigenvalue weighted by atomic mass is 16.5. The Morgan fingerprint density at radius 1 is 1.35 bits per heavy atom. The molecule has 6 heteroatoms. The normalized spacial score (nSPS) is 19.7. The van der Waals surface area contributed by atoms with Crippen molar-refractivity contribution in [1.29, 1.82) is 0 Å². The van der Waals surface area contributed by atoms with Gasteiger partial charge < -0.3 is 15.6 Å². The zero-order valence-corrected chi connectivity index (χ0v) is 13.8. The number of aliphatic hydroxyl groups is 1. The van der Waals surface area contributed by atoms with Crippen LogP contribution in [0.15, 0.2) is 24.3 Å². The van der Waals surface area contributed by atoms with Gasteiger partial charge in [-0.3, -0.25) is 14.6 Å². The first-order valence-corrected chi connectivity index (χ1v) is 8.19. The summed E-state index contributed by atoms with van der Waals surface area (Å²) in [5.74, 6) is 0.585. The largest absolute Gasteiger partial charge is 0.494 e. The van der Waals surface area contributed by atoms with Crippen molar-refractivity contribution in [2.75, 3.05) is 39.4 Å². The molecule has 1 heterocycles. The summed E-state index contributed by atoms with van der Waals surface area (Å²) in [4.78, 5) is 15.5. The quantitative estimate of drug-likeness (QED) is 0.726. The van der Waals surface area contributed by atoms with Gasteiger partial charge in [0.2, 0.25) is 5.91 Å². The van der Waals surface area contributed by atoms with E-state index in [2.05, 4.69) is 21.9 Å². The Bertz CT molecular complexity index is 492. The third-order valence-electron chi connectivity index (χ3n) is 4.15. The van der Waals surface area contributed by atoms with Crippen molar-refractivity contribution < 1.29 is 14.6 Å². The van der Waals surface area contributed by atoms with E-state index >= 15 is 0 Å². The third-order valence-corrected chi connectivity index (χ3v) is 4.15. The molecule has 1 atom stereocenters. The second-order valence-corrected chi connectivity index (χ2v) is 5.91. The van der Waals surface area contributed by atoms with Gasteiger partial charge in [-0.05, 0) is 31.0 Å². The molecule has 1 saturated heterocycles. The molecule has 0 aliphatic carbocycles. The van der Waals surface area contributed by atoms with Crippen LogP contribution in [0.1, 0.15) is 18.9 Å². The van der Waals surface area contributed by atoms with Crippen molar-refractivity contribution in [2.24, 2.45) is 5.73 Å². The number of carbonyl (C=O) groups is 1. The Balaban J connectivity index is 1.95. The maximum absolute atomic E-state index is 11.1. The van der Waals surface area contributed by atoms with Crippen LogP contribution in [0.5, 0.6) is 5.75 Å². The van der Waals surface area contributed by atoms with Crippen molar-refractivity contribution in [3.63, 3.8) is 0 Å². The van der Waals surface area contributed by atoms with Crippen molar-refractivity contribution in [3.05, 3.63) is 29.8 Å². The first-order chi connectivity index (χ1) is 11.1. The number of nitrogens with zero attached hydrogens (tertiary/aromatic N) is 2. The lowest BCUT2D eigenvalue weighted by atomic mass is 10.1. The summed E-state index contributed by atoms with van der Waals surface area (Å²) >= 11 is 0. The fourth-order valence-corrected chi connectivity index (χ4v) is 3.04. The number of amides is 1. The maximum atomic E-state index is 11.1. The van der Waals surface area contributed by atoms with Gasteiger partial charge in [0.1, 0.15) is 5.75 Å². The number of hydrogen-bond donors (Lipinski definition) is 2. The summed E-state index contributed by atoms with van der Waals surface area (Å²) < 4.78 is 5.46. The molecular weight excluding hydrogens is 294 g/mol. The summed E-state index contributed by atoms with van der Waals surface area (Å²) in [5, 5.41) is 9.31. The van der Waals surface area contributed by atoms with Gasteiger partial charge in [-0.2, -0.15) is 0 Å². The lowest BCUT2D eigenvalue weighted by Crippen LogP contribution is -2.54. The van der Waals surface area contributed by atoms with Crippen LogP contribution >= 0.6 is 0 Å². The van der Waals surface area contributed by atoms with Crippen molar-refractivity contribution in [3.8, 4) is 5.75 Å². The minimum Gasteiger partial charge on any atom is -0.494 e. The molecule has 0 bridgehead atoms. The molecule has 1 unspecified atom stereocenters. The maximum Gasteiger partial charge on any atom is 0.231 e. The summed E-state index contributed by atoms with van der Waals surface area (Å²) in [7, 11) is 0. The Hall–Kier alpha value is -1.63. The van der Waals surface area contributed by atoms with Gasteiger partial charge in [-0.25, -0.2) is 0 Å². The molecule has 1 amide bonds. The Labute approximate surface area is 137 Å². The van der Waals surface area contributed by atoms with Gasteiger partial charge in [-0.1, -0.05) is 12.1 Å². The topological polar surface area (TPSA) is 79.0 Å². The van der Waals surface area contributed by atoms with E-state index in [1.54, 1.807) is 0 Å². The Morgan fingerprint density at radius 2 is 2.09 bits per heavy atom. The third kappa shape index (κ3) is 5.49. The van der Waals surface area contributed by atoms with Gasteiger partial charge in [0.15, 0.2) is 0 Å². The highest BCUT2D eigenvalue weighted by Gasteiger charge is 2.27. The summed E-state index contributed by atoms with van der Waals surface area (Å²) in [6, 6.07) is 8.37. The SMILES string of the molecule is CCOc1ccc(CN2CCN(CC(N)=O)CC2CCO)cc1. The molecule has 0 radical (unpaired) electrons. The molecule has 3 N–H and O–H groups in total. The molecule has 0 saturated carbocycles. The minimum absolute atomic E-state index is 0.148. The molecule has 1 aromatic rings. The lowest BCUT2D eigenvalue weighted by molar-refractivity contribution is -0.120. The number of aliphatic hydroxyl groups excluding tert-OH is 1. The van der Waals surface area contributed by atoms with E-state index in [0.29, 0.717) is 19.6 Å². The second kappa shape index (κ2) is 8.86. The van der Waals surface area contributed by atoms with Gasteiger partial charge in [0, 0.05) is 38.8 Å². The number of primary amides is 1. The molecule has 6 nitrogen and oxygen atoms in total. The molecular formula is C17H27N3O3. The molecule has 1 fully saturated rings. The highest BCUT2D eigenvalue weighted by Crippen LogP contribution is 2.18. The highest BCUT2D eigenvalue weighted by molar-refractivity contribution is 5.75. The molecule has 128 valence electrons. The summed E-state index contributed by atoms with van der Waals surface area (Å²) in [5.41, 5.74) is 6.51. The molecule has 0 aromatic heterocycles. The first-order valence-electron chi connectivity index (χ1n) is 8.19. The van der Waals surface area contributed by atoms with Gasteiger partial charge in [-0.15, -0.1) is 0 Å². The smallest absolute Gasteiger partial charge is 0.231 e. The minimum atomic E-state index is -0.298. The fraction of sp³-hybridized carbons (Fsp3) is 0.588. The van der Waals surface area contributed by atoms with E-state index in [0.717, 1.165) is 31.9 Å². The van der Waals surface area contributed by atoms with Crippen molar-refractivity contribution in [1.82, 2.24) is 9.80 Å². The molecule has 2 rings (SSSR count). The number of benzene rings is 1. The predicted molar refractivity (Wildman–Crippen MR) is 89.1 cm³/mol. The molecule has 23 heavy (non-hydrogen) atoms. The Kier molecular flexibility index (Phi) is 6.83. The molecule has 0 spiro atoms. The van der Waals surface area contributed by atoms with E-state index in [1.807, 2.05) is 19.1 Å². The van der Waals surface area contributed by atoms with Crippen LogP contribution in [0.2, 0.25) is 0 Å². The molecule has 1 aromatic carbocycles. The predicted octanol–water partition coefficient (Wildman–Crippen LogP) is 0.439. The fourth-order valence-electron chi connectivity index (χ4n) is 3.04. The average molecular weight is 321 g/mol. The van der Waals surface area contributed by atoms with Crippen LogP contribution in [0.25, 0.3) is 0 Å². The van der Waals surface area contributed by atoms with Crippen LogP contribution in [-0.4, -0.2) is 66.2 Å². The Morgan fingerprint density at radius 3 is 2.70 bits per heavy atom. The van der Waals surface area contributed by atoms with E-state index in [4.69, 9.17) is 10.5 Å². The molecule has 1 aliphatic heterocycles. The standard InChI is InChI=1S/C17H27N3O3/c1-2-23-16-5-3-14(4-6-16)11-20-9-8-19(13-17(18)22)12-15(20)7-10-21/h3-6,15,21H,2,7-13H2,1H3,(H2,18,22). The number of carbonyl (C=O) groups excluding carboxylic acids is 1. The molecule has 1 aliphatic rings. The van der Waals surface area contributed by atoms with Gasteiger partial charge in [0.25, 0.3) is 0 Å². The lowest BCUT2D eigenvalue weighted by Gasteiger charge is -2.41. The van der Waals surface area contributed by atoms with E-state index in [9.17, 15) is 9.90 Å². The van der Waals surface area contributed by atoms with Crippen LogP contribution in [0.3, 0.4) is 0 Å². The number of hydrogen-bond acceptors (Lipinski definition) is 5. The van der Waals surface area contributed by atoms with Crippen LogP contribution in [0, 0.1) is 0 Å². The first kappa shape index (κ1) is 17.7. The number of ether oxygens (including phenoxy) is 1. The zero-order chi connectivity index (χ0) is 16.7. The summed E-state index contributed by atoms with van der Waals surface area (Å²) in [6.07, 6.45) is 0.701. The van der Waals surface area contributed by atoms with E-state index in [-0.39, 0.29) is 18.6 Å². The van der Waals surface area contributed by atoms with Crippen LogP contribution in [-0.2, 0) is 11.3 Å². The van der Waals surface area contributed by atoms with Gasteiger partial charge >= 0.3 is 0 Å². The van der Waals surface area contributed by atoms with E-state index in [1.165, 1.54) is 5.56 Å². The number of piperazine rings is 1. The number of nitrogens with two attached hydrogens (primary N) is 1. The monoisotopic (exact) mass is 321 g/mol. The zero-order valence-electron chi connectivity index (χ0n) is 13.8.